The van der Waals surface area contributed by atoms with Crippen LogP contribution in [0.5, 0.6) is 5.75 Å². The predicted molar refractivity (Wildman–Crippen MR) is 111 cm³/mol. The summed E-state index contributed by atoms with van der Waals surface area (Å²) in [6.07, 6.45) is 0. The van der Waals surface area contributed by atoms with E-state index >= 15 is 0 Å². The van der Waals surface area contributed by atoms with E-state index in [1.165, 1.54) is 0 Å². The number of hydrogen-bond acceptors (Lipinski definition) is 5. The van der Waals surface area contributed by atoms with Gasteiger partial charge in [-0.15, -0.1) is 11.3 Å². The summed E-state index contributed by atoms with van der Waals surface area (Å²) in [4.78, 5) is 16.7. The summed E-state index contributed by atoms with van der Waals surface area (Å²) < 4.78 is 11.4. The second-order valence-corrected chi connectivity index (χ2v) is 7.44. The maximum absolute atomic E-state index is 12.2. The van der Waals surface area contributed by atoms with Crippen LogP contribution in [-0.2, 0) is 4.79 Å². The van der Waals surface area contributed by atoms with Crippen molar-refractivity contribution in [1.29, 1.82) is 0 Å². The fourth-order valence-corrected chi connectivity index (χ4v) is 3.70. The van der Waals surface area contributed by atoms with E-state index in [-0.39, 0.29) is 18.6 Å². The fourth-order valence-electron chi connectivity index (χ4n) is 2.90. The lowest BCUT2D eigenvalue weighted by atomic mass is 10.2. The second-order valence-electron chi connectivity index (χ2n) is 6.58. The molecule has 6 heteroatoms. The van der Waals surface area contributed by atoms with Crippen LogP contribution < -0.4 is 10.1 Å². The summed E-state index contributed by atoms with van der Waals surface area (Å²) >= 11 is 1.61. The van der Waals surface area contributed by atoms with Crippen LogP contribution in [0.25, 0.3) is 21.5 Å². The number of aryl methyl sites for hydroxylation is 1. The topological polar surface area (TPSA) is 64.4 Å². The van der Waals surface area contributed by atoms with E-state index in [0.29, 0.717) is 5.75 Å². The molecule has 5 nitrogen and oxygen atoms in total. The number of benzene rings is 2. The highest BCUT2D eigenvalue weighted by Crippen LogP contribution is 2.26. The summed E-state index contributed by atoms with van der Waals surface area (Å²) in [5.74, 6) is 1.16. The number of ether oxygens (including phenoxy) is 1. The highest BCUT2D eigenvalue weighted by Gasteiger charge is 2.14. The summed E-state index contributed by atoms with van der Waals surface area (Å²) in [6.45, 7) is 3.81. The first-order valence-electron chi connectivity index (χ1n) is 9.02. The smallest absolute Gasteiger partial charge is 0.258 e. The number of thiazole rings is 1. The molecule has 0 unspecified atom stereocenters. The van der Waals surface area contributed by atoms with Crippen molar-refractivity contribution in [2.45, 2.75) is 19.9 Å². The van der Waals surface area contributed by atoms with Crippen LogP contribution in [0.3, 0.4) is 0 Å². The molecule has 0 aliphatic carbocycles. The molecule has 1 amide bonds. The molecule has 0 saturated heterocycles. The molecule has 0 aliphatic heterocycles. The Morgan fingerprint density at radius 2 is 2.00 bits per heavy atom. The number of carbonyl (C=O) groups is 1. The first kappa shape index (κ1) is 18.3. The largest absolute Gasteiger partial charge is 0.484 e. The average molecular weight is 392 g/mol. The minimum Gasteiger partial charge on any atom is -0.484 e. The Hall–Kier alpha value is -3.12. The normalized spacial score (nSPS) is 12.1. The summed E-state index contributed by atoms with van der Waals surface area (Å²) in [6, 6.07) is 17.1. The van der Waals surface area contributed by atoms with Gasteiger partial charge >= 0.3 is 0 Å². The van der Waals surface area contributed by atoms with E-state index in [1.54, 1.807) is 11.3 Å². The Morgan fingerprint density at radius 3 is 2.71 bits per heavy atom. The fraction of sp³-hybridized carbons (Fsp3) is 0.182. The molecule has 1 atom stereocenters. The van der Waals surface area contributed by atoms with Gasteiger partial charge in [0, 0.05) is 22.0 Å². The van der Waals surface area contributed by atoms with E-state index in [0.717, 1.165) is 33.0 Å². The standard InChI is InChI=1S/C22H20N2O3S/c1-14-13-28-22(23-14)16-7-9-18(10-8-16)26-12-21(25)24-15(2)20-11-17-5-3-4-6-19(17)27-20/h3-11,13,15H,12H2,1-2H3,(H,24,25)/t15-/m1/s1. The molecule has 1 N–H and O–H groups in total. The van der Waals surface area contributed by atoms with Crippen LogP contribution in [0.1, 0.15) is 24.4 Å². The zero-order valence-electron chi connectivity index (χ0n) is 15.6. The van der Waals surface area contributed by atoms with Gasteiger partial charge in [0.2, 0.25) is 0 Å². The molecule has 0 radical (unpaired) electrons. The Kier molecular flexibility index (Phi) is 5.12. The molecule has 4 rings (SSSR count). The number of aromatic nitrogens is 1. The van der Waals surface area contributed by atoms with E-state index in [2.05, 4.69) is 10.3 Å². The van der Waals surface area contributed by atoms with Crippen molar-refractivity contribution in [3.05, 3.63) is 71.4 Å². The van der Waals surface area contributed by atoms with Gasteiger partial charge in [0.05, 0.1) is 6.04 Å². The number of rotatable bonds is 6. The van der Waals surface area contributed by atoms with Gasteiger partial charge in [-0.05, 0) is 50.2 Å². The summed E-state index contributed by atoms with van der Waals surface area (Å²) in [5, 5.41) is 6.91. The maximum atomic E-state index is 12.2. The van der Waals surface area contributed by atoms with Gasteiger partial charge in [-0.25, -0.2) is 4.98 Å². The third kappa shape index (κ3) is 4.07. The van der Waals surface area contributed by atoms with Crippen molar-refractivity contribution in [2.75, 3.05) is 6.61 Å². The number of fused-ring (bicyclic) bond motifs is 1. The zero-order chi connectivity index (χ0) is 19.5. The highest BCUT2D eigenvalue weighted by molar-refractivity contribution is 7.13. The van der Waals surface area contributed by atoms with Crippen molar-refractivity contribution in [3.8, 4) is 16.3 Å². The first-order chi connectivity index (χ1) is 13.6. The van der Waals surface area contributed by atoms with Crippen molar-refractivity contribution in [3.63, 3.8) is 0 Å². The van der Waals surface area contributed by atoms with Crippen LogP contribution in [0.4, 0.5) is 0 Å². The molecule has 28 heavy (non-hydrogen) atoms. The lowest BCUT2D eigenvalue weighted by Crippen LogP contribution is -2.31. The van der Waals surface area contributed by atoms with Gasteiger partial charge < -0.3 is 14.5 Å². The molecule has 0 bridgehead atoms. The first-order valence-corrected chi connectivity index (χ1v) is 9.89. The van der Waals surface area contributed by atoms with Crippen LogP contribution in [-0.4, -0.2) is 17.5 Å². The number of nitrogens with one attached hydrogen (secondary N) is 1. The van der Waals surface area contributed by atoms with E-state index < -0.39 is 0 Å². The number of para-hydroxylation sites is 1. The van der Waals surface area contributed by atoms with Crippen molar-refractivity contribution >= 4 is 28.2 Å². The lowest BCUT2D eigenvalue weighted by Gasteiger charge is -2.12. The molecule has 0 aliphatic rings. The molecular formula is C22H20N2O3S. The molecule has 4 aromatic rings. The SMILES string of the molecule is Cc1csc(-c2ccc(OCC(=O)N[C@H](C)c3cc4ccccc4o3)cc2)n1. The molecule has 0 saturated carbocycles. The van der Waals surface area contributed by atoms with Crippen molar-refractivity contribution < 1.29 is 13.9 Å². The average Bonchev–Trinajstić information content (AvgIpc) is 3.33. The molecule has 2 aromatic heterocycles. The molecule has 2 heterocycles. The number of carbonyl (C=O) groups excluding carboxylic acids is 1. The number of nitrogens with zero attached hydrogens (tertiary/aromatic N) is 1. The minimum atomic E-state index is -0.237. The molecule has 0 spiro atoms. The van der Waals surface area contributed by atoms with E-state index in [4.69, 9.17) is 9.15 Å². The van der Waals surface area contributed by atoms with E-state index in [1.807, 2.05) is 73.8 Å². The number of amides is 1. The Labute approximate surface area is 167 Å². The third-order valence-corrected chi connectivity index (χ3v) is 5.35. The van der Waals surface area contributed by atoms with Gasteiger partial charge in [0.1, 0.15) is 22.1 Å². The van der Waals surface area contributed by atoms with Gasteiger partial charge in [-0.1, -0.05) is 18.2 Å². The van der Waals surface area contributed by atoms with Crippen LogP contribution in [0, 0.1) is 6.92 Å². The monoisotopic (exact) mass is 392 g/mol. The van der Waals surface area contributed by atoms with Gasteiger partial charge in [-0.2, -0.15) is 0 Å². The Balaban J connectivity index is 1.32. The lowest BCUT2D eigenvalue weighted by molar-refractivity contribution is -0.123. The maximum Gasteiger partial charge on any atom is 0.258 e. The van der Waals surface area contributed by atoms with Gasteiger partial charge in [0.25, 0.3) is 5.91 Å². The molecule has 2 aromatic carbocycles. The Morgan fingerprint density at radius 1 is 1.21 bits per heavy atom. The quantitative estimate of drug-likeness (QED) is 0.495. The molecule has 142 valence electrons. The van der Waals surface area contributed by atoms with Crippen molar-refractivity contribution in [2.24, 2.45) is 0 Å². The second kappa shape index (κ2) is 7.86. The zero-order valence-corrected chi connectivity index (χ0v) is 16.5. The Bertz CT molecular complexity index is 1070. The summed E-state index contributed by atoms with van der Waals surface area (Å²) in [7, 11) is 0. The van der Waals surface area contributed by atoms with E-state index in [9.17, 15) is 4.79 Å². The predicted octanol–water partition coefficient (Wildman–Crippen LogP) is 5.12. The van der Waals surface area contributed by atoms with Crippen LogP contribution >= 0.6 is 11.3 Å². The third-order valence-electron chi connectivity index (χ3n) is 4.34. The minimum absolute atomic E-state index is 0.0553. The number of hydrogen-bond donors (Lipinski definition) is 1. The van der Waals surface area contributed by atoms with Crippen LogP contribution in [0.15, 0.2) is 64.4 Å². The van der Waals surface area contributed by atoms with Gasteiger partial charge in [0.15, 0.2) is 6.61 Å². The number of furan rings is 1. The summed E-state index contributed by atoms with van der Waals surface area (Å²) in [5.41, 5.74) is 2.86. The highest BCUT2D eigenvalue weighted by atomic mass is 32.1. The van der Waals surface area contributed by atoms with Gasteiger partial charge in [-0.3, -0.25) is 4.79 Å². The molecular weight excluding hydrogens is 372 g/mol. The molecule has 0 fully saturated rings. The van der Waals surface area contributed by atoms with Crippen molar-refractivity contribution in [1.82, 2.24) is 10.3 Å². The van der Waals surface area contributed by atoms with Crippen LogP contribution in [0.2, 0.25) is 0 Å².